The summed E-state index contributed by atoms with van der Waals surface area (Å²) in [6.07, 6.45) is 0.903. The van der Waals surface area contributed by atoms with E-state index in [-0.39, 0.29) is 11.2 Å². The number of ketones is 1. The molecule has 3 nitrogen and oxygen atoms in total. The topological polar surface area (TPSA) is 38.3 Å². The molecule has 0 amide bonds. The van der Waals surface area contributed by atoms with Gasteiger partial charge in [0.15, 0.2) is 5.78 Å². The van der Waals surface area contributed by atoms with Gasteiger partial charge in [-0.05, 0) is 37.9 Å². The molecule has 1 aromatic carbocycles. The number of hydrogen-bond acceptors (Lipinski definition) is 3. The lowest BCUT2D eigenvalue weighted by molar-refractivity contribution is 0.0736. The molecular formula is C16H23NO2. The van der Waals surface area contributed by atoms with Crippen LogP contribution in [0.3, 0.4) is 0 Å². The minimum atomic E-state index is -0.291. The van der Waals surface area contributed by atoms with Crippen molar-refractivity contribution in [1.29, 1.82) is 0 Å². The monoisotopic (exact) mass is 261 g/mol. The van der Waals surface area contributed by atoms with Crippen molar-refractivity contribution in [3.63, 3.8) is 0 Å². The first-order chi connectivity index (χ1) is 9.01. The van der Waals surface area contributed by atoms with Crippen LogP contribution in [0.15, 0.2) is 18.2 Å². The number of ether oxygens (including phenoxy) is 1. The van der Waals surface area contributed by atoms with Crippen LogP contribution < -0.4 is 10.1 Å². The van der Waals surface area contributed by atoms with E-state index < -0.39 is 0 Å². The molecule has 19 heavy (non-hydrogen) atoms. The summed E-state index contributed by atoms with van der Waals surface area (Å²) in [5, 5.41) is 3.34. The SMILES string of the molecule is COc1ccc(C)cc1C(=O)C1(C(C)C)CCNC1. The van der Waals surface area contributed by atoms with Gasteiger partial charge in [-0.3, -0.25) is 4.79 Å². The molecule has 1 fully saturated rings. The Hall–Kier alpha value is -1.35. The molecule has 1 atom stereocenters. The number of rotatable bonds is 4. The maximum absolute atomic E-state index is 13.0. The summed E-state index contributed by atoms with van der Waals surface area (Å²) in [5.74, 6) is 1.22. The molecule has 1 saturated heterocycles. The molecule has 1 heterocycles. The first kappa shape index (κ1) is 14.1. The van der Waals surface area contributed by atoms with Crippen molar-refractivity contribution < 1.29 is 9.53 Å². The molecule has 0 saturated carbocycles. The molecule has 1 aliphatic rings. The third kappa shape index (κ3) is 2.39. The molecule has 2 rings (SSSR count). The Labute approximate surface area is 115 Å². The lowest BCUT2D eigenvalue weighted by Crippen LogP contribution is -2.38. The molecule has 0 spiro atoms. The van der Waals surface area contributed by atoms with Gasteiger partial charge in [-0.25, -0.2) is 0 Å². The third-order valence-corrected chi connectivity index (χ3v) is 4.35. The maximum Gasteiger partial charge on any atom is 0.174 e. The Kier molecular flexibility index (Phi) is 3.95. The highest BCUT2D eigenvalue weighted by Gasteiger charge is 2.44. The fraction of sp³-hybridized carbons (Fsp3) is 0.562. The predicted molar refractivity (Wildman–Crippen MR) is 76.8 cm³/mol. The van der Waals surface area contributed by atoms with E-state index >= 15 is 0 Å². The first-order valence-electron chi connectivity index (χ1n) is 6.91. The predicted octanol–water partition coefficient (Wildman–Crippen LogP) is 2.82. The Morgan fingerprint density at radius 1 is 1.42 bits per heavy atom. The summed E-state index contributed by atoms with van der Waals surface area (Å²) in [6.45, 7) is 7.95. The molecular weight excluding hydrogens is 238 g/mol. The van der Waals surface area contributed by atoms with Crippen LogP contribution in [0, 0.1) is 18.3 Å². The Bertz CT molecular complexity index is 474. The van der Waals surface area contributed by atoms with Crippen LogP contribution in [0.2, 0.25) is 0 Å². The number of hydrogen-bond donors (Lipinski definition) is 1. The van der Waals surface area contributed by atoms with Crippen molar-refractivity contribution in [2.75, 3.05) is 20.2 Å². The summed E-state index contributed by atoms with van der Waals surface area (Å²) < 4.78 is 5.36. The second kappa shape index (κ2) is 5.33. The summed E-state index contributed by atoms with van der Waals surface area (Å²) in [4.78, 5) is 13.0. The van der Waals surface area contributed by atoms with Gasteiger partial charge in [0.1, 0.15) is 5.75 Å². The van der Waals surface area contributed by atoms with E-state index in [1.54, 1.807) is 7.11 Å². The van der Waals surface area contributed by atoms with Crippen molar-refractivity contribution >= 4 is 5.78 Å². The molecule has 0 aromatic heterocycles. The van der Waals surface area contributed by atoms with Gasteiger partial charge >= 0.3 is 0 Å². The normalized spacial score (nSPS) is 22.8. The molecule has 0 bridgehead atoms. The zero-order valence-corrected chi connectivity index (χ0v) is 12.2. The molecule has 3 heteroatoms. The second-order valence-electron chi connectivity index (χ2n) is 5.77. The van der Waals surface area contributed by atoms with Crippen molar-refractivity contribution in [3.05, 3.63) is 29.3 Å². The van der Waals surface area contributed by atoms with Gasteiger partial charge in [0.05, 0.1) is 12.7 Å². The number of benzene rings is 1. The van der Waals surface area contributed by atoms with Crippen molar-refractivity contribution in [2.45, 2.75) is 27.2 Å². The molecule has 1 unspecified atom stereocenters. The lowest BCUT2D eigenvalue weighted by Gasteiger charge is -2.31. The minimum Gasteiger partial charge on any atom is -0.496 e. The molecule has 1 N–H and O–H groups in total. The van der Waals surface area contributed by atoms with E-state index in [1.165, 1.54) is 0 Å². The zero-order chi connectivity index (χ0) is 14.0. The van der Waals surface area contributed by atoms with Crippen LogP contribution in [-0.2, 0) is 0 Å². The molecule has 0 radical (unpaired) electrons. The smallest absolute Gasteiger partial charge is 0.174 e. The van der Waals surface area contributed by atoms with E-state index in [4.69, 9.17) is 4.74 Å². The highest BCUT2D eigenvalue weighted by atomic mass is 16.5. The molecule has 104 valence electrons. The van der Waals surface area contributed by atoms with Gasteiger partial charge in [-0.2, -0.15) is 0 Å². The first-order valence-corrected chi connectivity index (χ1v) is 6.91. The highest BCUT2D eigenvalue weighted by Crippen LogP contribution is 2.39. The number of methoxy groups -OCH3 is 1. The summed E-state index contributed by atoms with van der Waals surface area (Å²) in [7, 11) is 1.62. The van der Waals surface area contributed by atoms with E-state index in [0.29, 0.717) is 11.7 Å². The van der Waals surface area contributed by atoms with E-state index in [9.17, 15) is 4.79 Å². The van der Waals surface area contributed by atoms with Crippen molar-refractivity contribution in [2.24, 2.45) is 11.3 Å². The number of aryl methyl sites for hydroxylation is 1. The Morgan fingerprint density at radius 3 is 2.68 bits per heavy atom. The van der Waals surface area contributed by atoms with Crippen LogP contribution in [0.4, 0.5) is 0 Å². The average Bonchev–Trinajstić information content (AvgIpc) is 2.88. The lowest BCUT2D eigenvalue weighted by atomic mass is 9.71. The number of carbonyl (C=O) groups excluding carboxylic acids is 1. The van der Waals surface area contributed by atoms with Crippen LogP contribution in [0.5, 0.6) is 5.75 Å². The number of carbonyl (C=O) groups is 1. The van der Waals surface area contributed by atoms with Crippen LogP contribution >= 0.6 is 0 Å². The van der Waals surface area contributed by atoms with Gasteiger partial charge in [0.25, 0.3) is 0 Å². The van der Waals surface area contributed by atoms with Gasteiger partial charge in [-0.15, -0.1) is 0 Å². The van der Waals surface area contributed by atoms with Gasteiger partial charge in [0.2, 0.25) is 0 Å². The van der Waals surface area contributed by atoms with Crippen LogP contribution in [-0.4, -0.2) is 26.0 Å². The summed E-state index contributed by atoms with van der Waals surface area (Å²) in [5.41, 5.74) is 1.52. The average molecular weight is 261 g/mol. The van der Waals surface area contributed by atoms with Gasteiger partial charge in [-0.1, -0.05) is 25.5 Å². The summed E-state index contributed by atoms with van der Waals surface area (Å²) in [6, 6.07) is 5.81. The largest absolute Gasteiger partial charge is 0.496 e. The van der Waals surface area contributed by atoms with Crippen molar-refractivity contribution in [1.82, 2.24) is 5.32 Å². The molecule has 0 aliphatic carbocycles. The standard InChI is InChI=1S/C16H23NO2/c1-11(2)16(7-8-17-10-16)15(18)13-9-12(3)5-6-14(13)19-4/h5-6,9,11,17H,7-8,10H2,1-4H3. The van der Waals surface area contributed by atoms with Gasteiger partial charge < -0.3 is 10.1 Å². The fourth-order valence-electron chi connectivity index (χ4n) is 2.93. The minimum absolute atomic E-state index is 0.216. The Morgan fingerprint density at radius 2 is 2.16 bits per heavy atom. The Balaban J connectivity index is 2.45. The van der Waals surface area contributed by atoms with E-state index in [0.717, 1.165) is 30.6 Å². The highest BCUT2D eigenvalue weighted by molar-refractivity contribution is 6.03. The fourth-order valence-corrected chi connectivity index (χ4v) is 2.93. The van der Waals surface area contributed by atoms with E-state index in [1.807, 2.05) is 25.1 Å². The zero-order valence-electron chi connectivity index (χ0n) is 12.2. The second-order valence-corrected chi connectivity index (χ2v) is 5.77. The number of Topliss-reactive ketones (excluding diaryl/α,β-unsaturated/α-hetero) is 1. The number of nitrogens with one attached hydrogen (secondary N) is 1. The molecule has 1 aromatic rings. The van der Waals surface area contributed by atoms with Crippen LogP contribution in [0.1, 0.15) is 36.2 Å². The quantitative estimate of drug-likeness (QED) is 0.847. The van der Waals surface area contributed by atoms with E-state index in [2.05, 4.69) is 19.2 Å². The van der Waals surface area contributed by atoms with Crippen LogP contribution in [0.25, 0.3) is 0 Å². The summed E-state index contributed by atoms with van der Waals surface area (Å²) >= 11 is 0. The molecule has 1 aliphatic heterocycles. The maximum atomic E-state index is 13.0. The van der Waals surface area contributed by atoms with Gasteiger partial charge in [0, 0.05) is 12.0 Å². The van der Waals surface area contributed by atoms with Crippen molar-refractivity contribution in [3.8, 4) is 5.75 Å². The third-order valence-electron chi connectivity index (χ3n) is 4.35.